The van der Waals surface area contributed by atoms with E-state index >= 15 is 0 Å². The summed E-state index contributed by atoms with van der Waals surface area (Å²) >= 11 is 0. The molecule has 0 bridgehead atoms. The van der Waals surface area contributed by atoms with Crippen molar-refractivity contribution in [3.63, 3.8) is 0 Å². The zero-order chi connectivity index (χ0) is 19.8. The van der Waals surface area contributed by atoms with Crippen molar-refractivity contribution in [2.75, 3.05) is 6.61 Å². The topological polar surface area (TPSA) is 118 Å². The first kappa shape index (κ1) is 29.1. The minimum absolute atomic E-state index is 0. The molecule has 0 saturated carbocycles. The molecular formula is C18H35NaO7S. The molecule has 0 heterocycles. The summed E-state index contributed by atoms with van der Waals surface area (Å²) in [5.41, 5.74) is 0. The van der Waals surface area contributed by atoms with Gasteiger partial charge in [-0.05, 0) is 6.42 Å². The minimum atomic E-state index is -4.78. The average Bonchev–Trinajstić information content (AvgIpc) is 2.55. The Labute approximate surface area is 187 Å². The molecule has 0 spiro atoms. The van der Waals surface area contributed by atoms with Crippen molar-refractivity contribution < 1.29 is 63.4 Å². The number of esters is 1. The molecule has 9 heteroatoms. The van der Waals surface area contributed by atoms with Crippen LogP contribution in [0.25, 0.3) is 0 Å². The van der Waals surface area contributed by atoms with Crippen molar-refractivity contribution in [3.05, 3.63) is 0 Å². The van der Waals surface area contributed by atoms with Gasteiger partial charge in [-0.25, -0.2) is 0 Å². The smallest absolute Gasteiger partial charge is 1.00 e. The Balaban J connectivity index is -0.00000312. The number of hydrogen-bond donors (Lipinski definition) is 2. The zero-order valence-electron chi connectivity index (χ0n) is 17.8. The summed E-state index contributed by atoms with van der Waals surface area (Å²) in [7, 11) is -4.78. The third-order valence-electron chi connectivity index (χ3n) is 4.22. The number of rotatable bonds is 17. The van der Waals surface area contributed by atoms with E-state index in [2.05, 4.69) is 6.92 Å². The van der Waals surface area contributed by atoms with Crippen molar-refractivity contribution in [2.45, 2.75) is 95.6 Å². The molecule has 0 aliphatic heterocycles. The van der Waals surface area contributed by atoms with Crippen LogP contribution < -0.4 is 29.6 Å². The summed E-state index contributed by atoms with van der Waals surface area (Å²) in [5.74, 6) is -2.70. The van der Waals surface area contributed by atoms with Crippen LogP contribution in [0.1, 0.15) is 91.8 Å². The third-order valence-corrected chi connectivity index (χ3v) is 5.30. The number of carbonyl (C=O) groups is 2. The Bertz CT molecular complexity index is 500. The summed E-state index contributed by atoms with van der Waals surface area (Å²) in [6.07, 6.45) is 12.9. The van der Waals surface area contributed by atoms with Gasteiger partial charge in [-0.1, -0.05) is 77.6 Å². The zero-order valence-corrected chi connectivity index (χ0v) is 19.6. The first-order valence-corrected chi connectivity index (χ1v) is 11.1. The molecule has 0 aliphatic carbocycles. The second-order valence-electron chi connectivity index (χ2n) is 6.66. The fourth-order valence-electron chi connectivity index (χ4n) is 2.68. The average molecular weight is 419 g/mol. The third kappa shape index (κ3) is 17.7. The van der Waals surface area contributed by atoms with Gasteiger partial charge in [0.1, 0.15) is 0 Å². The second kappa shape index (κ2) is 17.9. The van der Waals surface area contributed by atoms with E-state index in [0.29, 0.717) is 6.42 Å². The van der Waals surface area contributed by atoms with Gasteiger partial charge < -0.3 is 11.3 Å². The van der Waals surface area contributed by atoms with Crippen LogP contribution in [0.3, 0.4) is 0 Å². The van der Waals surface area contributed by atoms with E-state index in [-0.39, 0.29) is 37.6 Å². The molecule has 0 saturated heterocycles. The molecule has 0 amide bonds. The number of ether oxygens (including phenoxy) is 1. The maximum atomic E-state index is 11.6. The predicted octanol–water partition coefficient (Wildman–Crippen LogP) is 1.08. The molecule has 0 aliphatic rings. The van der Waals surface area contributed by atoms with Gasteiger partial charge in [-0.2, -0.15) is 8.42 Å². The Morgan fingerprint density at radius 1 is 0.889 bits per heavy atom. The van der Waals surface area contributed by atoms with Crippen molar-refractivity contribution in [1.29, 1.82) is 0 Å². The molecule has 0 radical (unpaired) electrons. The van der Waals surface area contributed by atoms with Gasteiger partial charge in [-0.3, -0.25) is 14.1 Å². The van der Waals surface area contributed by atoms with E-state index in [1.54, 1.807) is 0 Å². The summed E-state index contributed by atoms with van der Waals surface area (Å²) in [5, 5.41) is 6.54. The van der Waals surface area contributed by atoms with E-state index < -0.39 is 33.7 Å². The van der Waals surface area contributed by atoms with Crippen LogP contribution in [0.4, 0.5) is 0 Å². The molecule has 1 unspecified atom stereocenters. The van der Waals surface area contributed by atoms with Gasteiger partial charge in [0.25, 0.3) is 10.1 Å². The van der Waals surface area contributed by atoms with Crippen LogP contribution in [-0.2, 0) is 24.4 Å². The van der Waals surface area contributed by atoms with E-state index in [4.69, 9.17) is 14.4 Å². The van der Waals surface area contributed by atoms with Crippen LogP contribution in [0.5, 0.6) is 0 Å². The summed E-state index contributed by atoms with van der Waals surface area (Å²) < 4.78 is 35.8. The van der Waals surface area contributed by atoms with Crippen LogP contribution >= 0.6 is 0 Å². The molecule has 2 N–H and O–H groups in total. The fraction of sp³-hybridized carbons (Fsp3) is 0.889. The maximum Gasteiger partial charge on any atom is 1.00 e. The normalized spacial score (nSPS) is 12.2. The van der Waals surface area contributed by atoms with Crippen LogP contribution in [0.2, 0.25) is 0 Å². The molecule has 7 nitrogen and oxygen atoms in total. The first-order chi connectivity index (χ1) is 12.3. The number of carbonyl (C=O) groups excluding carboxylic acids is 1. The first-order valence-electron chi connectivity index (χ1n) is 9.63. The number of unbranched alkanes of at least 4 members (excludes halogenated alkanes) is 11. The number of carboxylic acids is 1. The van der Waals surface area contributed by atoms with E-state index in [1.807, 2.05) is 0 Å². The Hall–Kier alpha value is -0.150. The Morgan fingerprint density at radius 2 is 1.30 bits per heavy atom. The largest absolute Gasteiger partial charge is 1.00 e. The standard InChI is InChI=1S/C18H34O7S.Na.H/c1-2-3-4-5-6-7-8-9-10-11-12-13-14-25-18(21)16(15-17(19)20)26(22,23)24;;/h16H,2-15H2,1H3,(H,19,20)(H,22,23,24);;/q;+1;-1. The van der Waals surface area contributed by atoms with E-state index in [9.17, 15) is 18.0 Å². The van der Waals surface area contributed by atoms with Gasteiger partial charge in [0.2, 0.25) is 0 Å². The number of aliphatic carboxylic acids is 1. The monoisotopic (exact) mass is 418 g/mol. The van der Waals surface area contributed by atoms with Crippen molar-refractivity contribution in [1.82, 2.24) is 0 Å². The number of hydrogen-bond acceptors (Lipinski definition) is 5. The van der Waals surface area contributed by atoms with Gasteiger partial charge in [0.15, 0.2) is 5.25 Å². The molecule has 156 valence electrons. The number of carboxylic acid groups (broad SMARTS) is 1. The molecule has 0 aromatic rings. The summed E-state index contributed by atoms with van der Waals surface area (Å²) in [6, 6.07) is 0. The summed E-state index contributed by atoms with van der Waals surface area (Å²) in [4.78, 5) is 22.2. The van der Waals surface area contributed by atoms with E-state index in [1.165, 1.54) is 51.4 Å². The molecule has 0 rings (SSSR count). The fourth-order valence-corrected chi connectivity index (χ4v) is 3.34. The van der Waals surface area contributed by atoms with Crippen LogP contribution in [0.15, 0.2) is 0 Å². The van der Waals surface area contributed by atoms with Gasteiger partial charge in [-0.15, -0.1) is 0 Å². The van der Waals surface area contributed by atoms with Gasteiger partial charge in [0, 0.05) is 0 Å². The van der Waals surface area contributed by atoms with Crippen molar-refractivity contribution in [2.24, 2.45) is 0 Å². The van der Waals surface area contributed by atoms with Gasteiger partial charge in [0.05, 0.1) is 13.0 Å². The molecule has 0 fully saturated rings. The van der Waals surface area contributed by atoms with Crippen LogP contribution in [-0.4, -0.2) is 41.9 Å². The van der Waals surface area contributed by atoms with Crippen molar-refractivity contribution >= 4 is 22.1 Å². The van der Waals surface area contributed by atoms with E-state index in [0.717, 1.165) is 19.3 Å². The van der Waals surface area contributed by atoms with Crippen LogP contribution in [0, 0.1) is 0 Å². The second-order valence-corrected chi connectivity index (χ2v) is 8.26. The molecular weight excluding hydrogens is 383 g/mol. The molecule has 27 heavy (non-hydrogen) atoms. The quantitative estimate of drug-likeness (QED) is 0.157. The van der Waals surface area contributed by atoms with Gasteiger partial charge >= 0.3 is 41.5 Å². The minimum Gasteiger partial charge on any atom is -1.00 e. The molecule has 0 aromatic heterocycles. The Kier molecular flexibility index (Phi) is 19.3. The predicted molar refractivity (Wildman–Crippen MR) is 101 cm³/mol. The molecule has 0 aromatic carbocycles. The molecule has 1 atom stereocenters. The SMILES string of the molecule is CCCCCCCCCCCCCCOC(=O)C(CC(=O)O)S(=O)(=O)O.[H-].[Na+]. The maximum absolute atomic E-state index is 11.6. The Morgan fingerprint density at radius 3 is 1.67 bits per heavy atom. The van der Waals surface area contributed by atoms with Crippen molar-refractivity contribution in [3.8, 4) is 0 Å². The summed E-state index contributed by atoms with van der Waals surface area (Å²) in [6.45, 7) is 2.24.